The number of amides is 1. The van der Waals surface area contributed by atoms with Crippen LogP contribution in [0.2, 0.25) is 0 Å². The number of nitrogens with one attached hydrogen (secondary N) is 1. The lowest BCUT2D eigenvalue weighted by Gasteiger charge is -2.41. The molecule has 2 atom stereocenters. The van der Waals surface area contributed by atoms with Crippen molar-refractivity contribution in [3.63, 3.8) is 0 Å². The molecule has 1 fully saturated rings. The van der Waals surface area contributed by atoms with Gasteiger partial charge in [-0.15, -0.1) is 0 Å². The van der Waals surface area contributed by atoms with Crippen molar-refractivity contribution in [2.75, 3.05) is 33.2 Å². The highest BCUT2D eigenvalue weighted by Crippen LogP contribution is 2.13. The maximum atomic E-state index is 11.9. The third kappa shape index (κ3) is 2.69. The molecule has 88 valence electrons. The van der Waals surface area contributed by atoms with Crippen LogP contribution in [-0.4, -0.2) is 61.0 Å². The zero-order valence-corrected chi connectivity index (χ0v) is 10.3. The van der Waals surface area contributed by atoms with Crippen LogP contribution in [0.4, 0.5) is 0 Å². The van der Waals surface area contributed by atoms with Crippen LogP contribution in [0.3, 0.4) is 0 Å². The van der Waals surface area contributed by atoms with Crippen molar-refractivity contribution in [3.8, 4) is 0 Å². The van der Waals surface area contributed by atoms with Gasteiger partial charge in [-0.1, -0.05) is 0 Å². The Morgan fingerprint density at radius 2 is 2.20 bits per heavy atom. The third-order valence-electron chi connectivity index (χ3n) is 3.24. The summed E-state index contributed by atoms with van der Waals surface area (Å²) in [6.07, 6.45) is 0. The first kappa shape index (κ1) is 12.5. The zero-order chi connectivity index (χ0) is 11.4. The molecule has 2 unspecified atom stereocenters. The van der Waals surface area contributed by atoms with Gasteiger partial charge in [0, 0.05) is 32.2 Å². The second kappa shape index (κ2) is 5.47. The van der Waals surface area contributed by atoms with E-state index in [0.29, 0.717) is 6.04 Å². The van der Waals surface area contributed by atoms with Crippen molar-refractivity contribution in [1.29, 1.82) is 0 Å². The lowest BCUT2D eigenvalue weighted by atomic mass is 10.1. The molecule has 0 aromatic heterocycles. The van der Waals surface area contributed by atoms with E-state index in [1.807, 2.05) is 25.8 Å². The van der Waals surface area contributed by atoms with E-state index >= 15 is 0 Å². The van der Waals surface area contributed by atoms with Crippen LogP contribution in [0.5, 0.6) is 0 Å². The molecule has 4 nitrogen and oxygen atoms in total. The Morgan fingerprint density at radius 1 is 1.53 bits per heavy atom. The van der Waals surface area contributed by atoms with Crippen LogP contribution in [0, 0.1) is 0 Å². The van der Waals surface area contributed by atoms with E-state index in [0.717, 1.165) is 26.2 Å². The summed E-state index contributed by atoms with van der Waals surface area (Å²) in [6, 6.07) is 0.454. The van der Waals surface area contributed by atoms with E-state index < -0.39 is 0 Å². The number of likely N-dealkylation sites (N-methyl/N-ethyl adjacent to an activating group) is 2. The molecule has 1 saturated heterocycles. The fourth-order valence-corrected chi connectivity index (χ4v) is 2.27. The van der Waals surface area contributed by atoms with E-state index in [2.05, 4.69) is 17.1 Å². The van der Waals surface area contributed by atoms with Crippen LogP contribution in [0.25, 0.3) is 0 Å². The smallest absolute Gasteiger partial charge is 0.239 e. The van der Waals surface area contributed by atoms with Gasteiger partial charge < -0.3 is 10.2 Å². The van der Waals surface area contributed by atoms with E-state index in [9.17, 15) is 4.79 Å². The van der Waals surface area contributed by atoms with Gasteiger partial charge in [0.15, 0.2) is 0 Å². The molecule has 0 bridgehead atoms. The van der Waals surface area contributed by atoms with E-state index in [1.165, 1.54) is 0 Å². The minimum atomic E-state index is 0.0297. The largest absolute Gasteiger partial charge is 0.340 e. The van der Waals surface area contributed by atoms with Crippen molar-refractivity contribution in [2.45, 2.75) is 32.9 Å². The van der Waals surface area contributed by atoms with Gasteiger partial charge in [-0.05, 0) is 27.8 Å². The van der Waals surface area contributed by atoms with Gasteiger partial charge in [0.25, 0.3) is 0 Å². The average Bonchev–Trinajstić information content (AvgIpc) is 2.22. The van der Waals surface area contributed by atoms with Crippen LogP contribution in [0.15, 0.2) is 0 Å². The number of piperazine rings is 1. The van der Waals surface area contributed by atoms with Gasteiger partial charge in [-0.25, -0.2) is 0 Å². The van der Waals surface area contributed by atoms with Crippen molar-refractivity contribution >= 4 is 5.91 Å². The molecule has 1 rings (SSSR count). The standard InChI is InChI=1S/C11H23N3O/c1-5-13-6-7-14(9(2)8-12-4)10(3)11(13)15/h9-10,12H,5-8H2,1-4H3. The minimum absolute atomic E-state index is 0.0297. The summed E-state index contributed by atoms with van der Waals surface area (Å²) < 4.78 is 0. The molecule has 0 aromatic carbocycles. The monoisotopic (exact) mass is 213 g/mol. The lowest BCUT2D eigenvalue weighted by molar-refractivity contribution is -0.142. The van der Waals surface area contributed by atoms with Crippen molar-refractivity contribution < 1.29 is 4.79 Å². The molecule has 4 heteroatoms. The van der Waals surface area contributed by atoms with Gasteiger partial charge in [0.1, 0.15) is 0 Å². The predicted octanol–water partition coefficient (Wildman–Crippen LogP) is 0.147. The molecule has 15 heavy (non-hydrogen) atoms. The summed E-state index contributed by atoms with van der Waals surface area (Å²) in [5, 5.41) is 3.16. The summed E-state index contributed by atoms with van der Waals surface area (Å²) >= 11 is 0. The first-order valence-corrected chi connectivity index (χ1v) is 5.81. The van der Waals surface area contributed by atoms with E-state index in [4.69, 9.17) is 0 Å². The highest BCUT2D eigenvalue weighted by Gasteiger charge is 2.32. The van der Waals surface area contributed by atoms with Crippen molar-refractivity contribution in [1.82, 2.24) is 15.1 Å². The highest BCUT2D eigenvalue weighted by molar-refractivity contribution is 5.82. The second-order valence-electron chi connectivity index (χ2n) is 4.24. The topological polar surface area (TPSA) is 35.6 Å². The fraction of sp³-hybridized carbons (Fsp3) is 0.909. The molecule has 1 heterocycles. The minimum Gasteiger partial charge on any atom is -0.340 e. The molecule has 1 N–H and O–H groups in total. The Morgan fingerprint density at radius 3 is 2.73 bits per heavy atom. The van der Waals surface area contributed by atoms with Gasteiger partial charge in [-0.2, -0.15) is 0 Å². The Balaban J connectivity index is 2.59. The van der Waals surface area contributed by atoms with Crippen LogP contribution in [-0.2, 0) is 4.79 Å². The SMILES string of the molecule is CCN1CCN(C(C)CNC)C(C)C1=O. The van der Waals surface area contributed by atoms with Gasteiger partial charge in [-0.3, -0.25) is 9.69 Å². The van der Waals surface area contributed by atoms with Crippen LogP contribution < -0.4 is 5.32 Å². The van der Waals surface area contributed by atoms with Gasteiger partial charge >= 0.3 is 0 Å². The second-order valence-corrected chi connectivity index (χ2v) is 4.24. The molecule has 0 aliphatic carbocycles. The van der Waals surface area contributed by atoms with E-state index in [1.54, 1.807) is 0 Å². The average molecular weight is 213 g/mol. The quantitative estimate of drug-likeness (QED) is 0.722. The van der Waals surface area contributed by atoms with E-state index in [-0.39, 0.29) is 11.9 Å². The number of hydrogen-bond donors (Lipinski definition) is 1. The Bertz CT molecular complexity index is 220. The molecule has 1 aliphatic heterocycles. The van der Waals surface area contributed by atoms with Crippen LogP contribution in [0.1, 0.15) is 20.8 Å². The van der Waals surface area contributed by atoms with Crippen molar-refractivity contribution in [2.24, 2.45) is 0 Å². The van der Waals surface area contributed by atoms with Crippen molar-refractivity contribution in [3.05, 3.63) is 0 Å². The molecular weight excluding hydrogens is 190 g/mol. The normalized spacial score (nSPS) is 25.7. The molecular formula is C11H23N3O. The number of carbonyl (C=O) groups is 1. The first-order valence-electron chi connectivity index (χ1n) is 5.81. The number of nitrogens with zero attached hydrogens (tertiary/aromatic N) is 2. The summed E-state index contributed by atoms with van der Waals surface area (Å²) in [5.41, 5.74) is 0. The number of rotatable bonds is 4. The molecule has 1 amide bonds. The summed E-state index contributed by atoms with van der Waals surface area (Å²) in [4.78, 5) is 16.2. The molecule has 1 aliphatic rings. The van der Waals surface area contributed by atoms with Gasteiger partial charge in [0.05, 0.1) is 6.04 Å². The summed E-state index contributed by atoms with van der Waals surface area (Å²) in [7, 11) is 1.95. The molecule has 0 radical (unpaired) electrons. The number of carbonyl (C=O) groups excluding carboxylic acids is 1. The van der Waals surface area contributed by atoms with Crippen LogP contribution >= 0.6 is 0 Å². The highest BCUT2D eigenvalue weighted by atomic mass is 16.2. The Hall–Kier alpha value is -0.610. The summed E-state index contributed by atoms with van der Waals surface area (Å²) in [6.45, 7) is 9.84. The molecule has 0 aromatic rings. The Kier molecular flexibility index (Phi) is 4.54. The van der Waals surface area contributed by atoms with Gasteiger partial charge in [0.2, 0.25) is 5.91 Å². The number of hydrogen-bond acceptors (Lipinski definition) is 3. The molecule has 0 spiro atoms. The Labute approximate surface area is 92.6 Å². The lowest BCUT2D eigenvalue weighted by Crippen LogP contribution is -2.59. The first-order chi connectivity index (χ1) is 7.11. The zero-order valence-electron chi connectivity index (χ0n) is 10.3. The fourth-order valence-electron chi connectivity index (χ4n) is 2.27. The predicted molar refractivity (Wildman–Crippen MR) is 61.8 cm³/mol. The molecule has 0 saturated carbocycles. The third-order valence-corrected chi connectivity index (χ3v) is 3.24. The maximum absolute atomic E-state index is 11.9. The summed E-state index contributed by atoms with van der Waals surface area (Å²) in [5.74, 6) is 0.270. The maximum Gasteiger partial charge on any atom is 0.239 e.